The maximum atomic E-state index is 12.4. The molecule has 2 aliphatic carbocycles. The van der Waals surface area contributed by atoms with Gasteiger partial charge in [0.25, 0.3) is 0 Å². The van der Waals surface area contributed by atoms with Crippen molar-refractivity contribution in [3.63, 3.8) is 0 Å². The summed E-state index contributed by atoms with van der Waals surface area (Å²) < 4.78 is 0. The van der Waals surface area contributed by atoms with Crippen molar-refractivity contribution in [3.05, 3.63) is 22.4 Å². The Hall–Kier alpha value is -0.870. The van der Waals surface area contributed by atoms with Gasteiger partial charge in [0.2, 0.25) is 5.91 Å². The van der Waals surface area contributed by atoms with E-state index in [1.54, 1.807) is 0 Å². The predicted octanol–water partition coefficient (Wildman–Crippen LogP) is 3.71. The molecule has 2 saturated carbocycles. The van der Waals surface area contributed by atoms with Gasteiger partial charge in [-0.25, -0.2) is 0 Å². The largest absolute Gasteiger partial charge is 0.342 e. The second-order valence-electron chi connectivity index (χ2n) is 8.19. The zero-order valence-corrected chi connectivity index (χ0v) is 15.2. The molecule has 23 heavy (non-hydrogen) atoms. The van der Waals surface area contributed by atoms with Crippen molar-refractivity contribution in [2.75, 3.05) is 27.2 Å². The monoisotopic (exact) mass is 332 g/mol. The molecule has 1 aliphatic heterocycles. The Labute approximate surface area is 143 Å². The zero-order chi connectivity index (χ0) is 16.1. The summed E-state index contributed by atoms with van der Waals surface area (Å²) in [6.07, 6.45) is 8.46. The fourth-order valence-electron chi connectivity index (χ4n) is 4.77. The molecular formula is C19H28N2OS. The summed E-state index contributed by atoms with van der Waals surface area (Å²) >= 11 is 1.90. The Morgan fingerprint density at radius 1 is 1.22 bits per heavy atom. The lowest BCUT2D eigenvalue weighted by Crippen LogP contribution is -2.47. The van der Waals surface area contributed by atoms with Crippen LogP contribution in [-0.4, -0.2) is 42.9 Å². The van der Waals surface area contributed by atoms with Gasteiger partial charge >= 0.3 is 0 Å². The highest BCUT2D eigenvalue weighted by molar-refractivity contribution is 7.10. The van der Waals surface area contributed by atoms with E-state index in [1.165, 1.54) is 37.0 Å². The van der Waals surface area contributed by atoms with Crippen LogP contribution in [0.1, 0.15) is 49.8 Å². The second kappa shape index (κ2) is 5.59. The van der Waals surface area contributed by atoms with Gasteiger partial charge in [-0.15, -0.1) is 11.3 Å². The van der Waals surface area contributed by atoms with Gasteiger partial charge < -0.3 is 4.90 Å². The number of carbonyl (C=O) groups excluding carboxylic acids is 1. The van der Waals surface area contributed by atoms with E-state index < -0.39 is 0 Å². The van der Waals surface area contributed by atoms with E-state index >= 15 is 0 Å². The average molecular weight is 333 g/mol. The molecule has 0 unspecified atom stereocenters. The van der Waals surface area contributed by atoms with Gasteiger partial charge in [0.15, 0.2) is 0 Å². The first kappa shape index (κ1) is 15.6. The number of nitrogens with zero attached hydrogens (tertiary/aromatic N) is 2. The molecule has 3 fully saturated rings. The molecule has 3 nitrogen and oxygen atoms in total. The fraction of sp³-hybridized carbons (Fsp3) is 0.737. The second-order valence-corrected chi connectivity index (χ2v) is 9.14. The van der Waals surface area contributed by atoms with Crippen LogP contribution in [-0.2, 0) is 10.3 Å². The Bertz CT molecular complexity index is 568. The molecule has 3 aliphatic rings. The van der Waals surface area contributed by atoms with Crippen LogP contribution in [0.25, 0.3) is 0 Å². The summed E-state index contributed by atoms with van der Waals surface area (Å²) in [5.41, 5.74) is 0.620. The van der Waals surface area contributed by atoms with Crippen molar-refractivity contribution in [1.82, 2.24) is 9.80 Å². The Morgan fingerprint density at radius 2 is 1.96 bits per heavy atom. The van der Waals surface area contributed by atoms with Crippen molar-refractivity contribution in [3.8, 4) is 0 Å². The van der Waals surface area contributed by atoms with Gasteiger partial charge in [-0.3, -0.25) is 9.69 Å². The van der Waals surface area contributed by atoms with Crippen molar-refractivity contribution in [1.29, 1.82) is 0 Å². The van der Waals surface area contributed by atoms with Crippen LogP contribution in [0.4, 0.5) is 0 Å². The number of hydrogen-bond donors (Lipinski definition) is 0. The molecule has 0 radical (unpaired) electrons. The van der Waals surface area contributed by atoms with E-state index in [1.807, 2.05) is 11.3 Å². The van der Waals surface area contributed by atoms with Crippen LogP contribution < -0.4 is 0 Å². The molecule has 0 bridgehead atoms. The fourth-order valence-corrected chi connectivity index (χ4v) is 5.84. The van der Waals surface area contributed by atoms with E-state index in [-0.39, 0.29) is 5.54 Å². The van der Waals surface area contributed by atoms with Crippen LogP contribution in [0.15, 0.2) is 17.5 Å². The first-order valence-corrected chi connectivity index (χ1v) is 9.93. The van der Waals surface area contributed by atoms with Crippen LogP contribution in [0, 0.1) is 11.3 Å². The minimum atomic E-state index is 0.216. The minimum absolute atomic E-state index is 0.216. The highest BCUT2D eigenvalue weighted by Gasteiger charge is 2.49. The summed E-state index contributed by atoms with van der Waals surface area (Å²) in [5, 5.41) is 2.20. The molecule has 126 valence electrons. The number of rotatable bonds is 3. The van der Waals surface area contributed by atoms with Crippen molar-refractivity contribution >= 4 is 17.2 Å². The first-order chi connectivity index (χ1) is 11.0. The van der Waals surface area contributed by atoms with Gasteiger partial charge in [-0.1, -0.05) is 6.07 Å². The highest BCUT2D eigenvalue weighted by Crippen LogP contribution is 2.53. The lowest BCUT2D eigenvalue weighted by atomic mass is 9.66. The molecule has 0 aromatic carbocycles. The minimum Gasteiger partial charge on any atom is -0.342 e. The summed E-state index contributed by atoms with van der Waals surface area (Å²) in [7, 11) is 4.46. The molecular weight excluding hydrogens is 304 g/mol. The maximum Gasteiger partial charge on any atom is 0.225 e. The summed E-state index contributed by atoms with van der Waals surface area (Å²) in [5.74, 6) is 0.824. The molecule has 2 heterocycles. The number of amides is 1. The van der Waals surface area contributed by atoms with Gasteiger partial charge in [0.05, 0.1) is 5.54 Å². The molecule has 4 heteroatoms. The van der Waals surface area contributed by atoms with E-state index in [0.717, 1.165) is 25.9 Å². The van der Waals surface area contributed by atoms with E-state index in [0.29, 0.717) is 17.2 Å². The van der Waals surface area contributed by atoms with Crippen molar-refractivity contribution in [2.24, 2.45) is 11.3 Å². The van der Waals surface area contributed by atoms with E-state index in [2.05, 4.69) is 41.4 Å². The van der Waals surface area contributed by atoms with Crippen LogP contribution in [0.3, 0.4) is 0 Å². The third-order valence-corrected chi connectivity index (χ3v) is 7.71. The number of thiophene rings is 1. The number of hydrogen-bond acceptors (Lipinski definition) is 3. The SMILES string of the molecule is CN(C)C1(c2cccs2)CCC2(CCN(C(=O)C3CC3)C2)CC1. The Kier molecular flexibility index (Phi) is 3.80. The smallest absolute Gasteiger partial charge is 0.225 e. The first-order valence-electron chi connectivity index (χ1n) is 9.05. The molecule has 1 aromatic rings. The zero-order valence-electron chi connectivity index (χ0n) is 14.4. The topological polar surface area (TPSA) is 23.6 Å². The number of likely N-dealkylation sites (tertiary alicyclic amines) is 1. The number of carbonyl (C=O) groups is 1. The van der Waals surface area contributed by atoms with Gasteiger partial charge in [0.1, 0.15) is 0 Å². The molecule has 1 amide bonds. The molecule has 0 N–H and O–H groups in total. The third kappa shape index (κ3) is 2.64. The molecule has 1 saturated heterocycles. The Morgan fingerprint density at radius 3 is 2.52 bits per heavy atom. The summed E-state index contributed by atoms with van der Waals surface area (Å²) in [4.78, 5) is 18.5. The molecule has 0 atom stereocenters. The molecule has 1 aromatic heterocycles. The standard InChI is InChI=1S/C19H28N2OS/c1-20(2)19(16-4-3-13-23-16)9-7-18(8-10-19)11-12-21(14-18)17(22)15-5-6-15/h3-4,13,15H,5-12,14H2,1-2H3. The van der Waals surface area contributed by atoms with Crippen molar-refractivity contribution in [2.45, 2.75) is 50.5 Å². The van der Waals surface area contributed by atoms with E-state index in [9.17, 15) is 4.79 Å². The average Bonchev–Trinajstić information content (AvgIpc) is 3.08. The van der Waals surface area contributed by atoms with Gasteiger partial charge in [0, 0.05) is 23.9 Å². The van der Waals surface area contributed by atoms with Crippen LogP contribution >= 0.6 is 11.3 Å². The van der Waals surface area contributed by atoms with Crippen LogP contribution in [0.2, 0.25) is 0 Å². The van der Waals surface area contributed by atoms with Crippen LogP contribution in [0.5, 0.6) is 0 Å². The molecule has 4 rings (SSSR count). The third-order valence-electron chi connectivity index (χ3n) is 6.65. The Balaban J connectivity index is 1.47. The lowest BCUT2D eigenvalue weighted by Gasteiger charge is -2.48. The summed E-state index contributed by atoms with van der Waals surface area (Å²) in [6.45, 7) is 2.03. The highest BCUT2D eigenvalue weighted by atomic mass is 32.1. The quantitative estimate of drug-likeness (QED) is 0.842. The summed E-state index contributed by atoms with van der Waals surface area (Å²) in [6, 6.07) is 4.49. The predicted molar refractivity (Wildman–Crippen MR) is 94.5 cm³/mol. The molecule has 1 spiro atoms. The lowest BCUT2D eigenvalue weighted by molar-refractivity contribution is -0.132. The maximum absolute atomic E-state index is 12.4. The van der Waals surface area contributed by atoms with Gasteiger partial charge in [-0.2, -0.15) is 0 Å². The normalized spacial score (nSPS) is 34.5. The van der Waals surface area contributed by atoms with E-state index in [4.69, 9.17) is 0 Å². The van der Waals surface area contributed by atoms with Gasteiger partial charge in [-0.05, 0) is 75.9 Å². The van der Waals surface area contributed by atoms with Crippen molar-refractivity contribution < 1.29 is 4.79 Å².